The lowest BCUT2D eigenvalue weighted by molar-refractivity contribution is 0.0992. The van der Waals surface area contributed by atoms with Crippen molar-refractivity contribution in [3.8, 4) is 0 Å². The Bertz CT molecular complexity index is 529. The van der Waals surface area contributed by atoms with E-state index in [4.69, 9.17) is 9.73 Å². The van der Waals surface area contributed by atoms with E-state index in [-0.39, 0.29) is 0 Å². The molecule has 2 fully saturated rings. The highest BCUT2D eigenvalue weighted by molar-refractivity contribution is 5.80. The summed E-state index contributed by atoms with van der Waals surface area (Å²) >= 11 is 0. The lowest BCUT2D eigenvalue weighted by atomic mass is 9.96. The molecule has 2 bridgehead atoms. The van der Waals surface area contributed by atoms with E-state index in [1.54, 1.807) is 0 Å². The molecule has 2 N–H and O–H groups in total. The van der Waals surface area contributed by atoms with Crippen LogP contribution in [-0.2, 0) is 11.2 Å². The van der Waals surface area contributed by atoms with Crippen molar-refractivity contribution in [1.29, 1.82) is 0 Å². The van der Waals surface area contributed by atoms with Crippen LogP contribution in [0.3, 0.4) is 0 Å². The first-order valence-electron chi connectivity index (χ1n) is 8.51. The number of hydrogen-bond acceptors (Lipinski definition) is 2. The van der Waals surface area contributed by atoms with Gasteiger partial charge in [0, 0.05) is 13.1 Å². The van der Waals surface area contributed by atoms with Crippen LogP contribution in [0.1, 0.15) is 37.3 Å². The van der Waals surface area contributed by atoms with Crippen LogP contribution in [0.2, 0.25) is 0 Å². The number of fused-ring (bicyclic) bond motifs is 2. The minimum absolute atomic E-state index is 0.380. The zero-order valence-electron chi connectivity index (χ0n) is 13.6. The van der Waals surface area contributed by atoms with Gasteiger partial charge in [-0.1, -0.05) is 24.3 Å². The Morgan fingerprint density at radius 2 is 2.18 bits per heavy atom. The summed E-state index contributed by atoms with van der Waals surface area (Å²) in [6.45, 7) is 5.96. The maximum absolute atomic E-state index is 5.91. The molecule has 0 aromatic heterocycles. The first-order valence-corrected chi connectivity index (χ1v) is 8.51. The maximum Gasteiger partial charge on any atom is 0.191 e. The van der Waals surface area contributed by atoms with E-state index in [9.17, 15) is 0 Å². The molecule has 3 atom stereocenters. The number of nitrogens with one attached hydrogen (secondary N) is 2. The number of hydrogen-bond donors (Lipinski definition) is 2. The Hall–Kier alpha value is -1.55. The van der Waals surface area contributed by atoms with Gasteiger partial charge in [-0.3, -0.25) is 4.99 Å². The molecule has 2 heterocycles. The molecule has 1 aromatic rings. The van der Waals surface area contributed by atoms with E-state index in [2.05, 4.69) is 48.7 Å². The van der Waals surface area contributed by atoms with Gasteiger partial charge >= 0.3 is 0 Å². The summed E-state index contributed by atoms with van der Waals surface area (Å²) in [5, 5.41) is 6.92. The molecule has 0 spiro atoms. The topological polar surface area (TPSA) is 45.7 Å². The van der Waals surface area contributed by atoms with Crippen molar-refractivity contribution in [3.63, 3.8) is 0 Å². The number of nitrogens with zero attached hydrogens (tertiary/aromatic N) is 1. The van der Waals surface area contributed by atoms with E-state index < -0.39 is 0 Å². The summed E-state index contributed by atoms with van der Waals surface area (Å²) in [6, 6.07) is 8.96. The summed E-state index contributed by atoms with van der Waals surface area (Å²) in [4.78, 5) is 4.74. The van der Waals surface area contributed by atoms with E-state index in [0.29, 0.717) is 18.2 Å². The first kappa shape index (κ1) is 15.3. The van der Waals surface area contributed by atoms with E-state index in [0.717, 1.165) is 31.9 Å². The fourth-order valence-electron chi connectivity index (χ4n) is 3.46. The number of aryl methyl sites for hydroxylation is 1. The average molecular weight is 301 g/mol. The van der Waals surface area contributed by atoms with Crippen molar-refractivity contribution in [1.82, 2.24) is 10.6 Å². The lowest BCUT2D eigenvalue weighted by Crippen LogP contribution is -2.47. The van der Waals surface area contributed by atoms with E-state index in [1.165, 1.54) is 24.0 Å². The van der Waals surface area contributed by atoms with Gasteiger partial charge < -0.3 is 15.4 Å². The number of benzene rings is 1. The minimum atomic E-state index is 0.380. The number of aliphatic imine (C=N–C) groups is 1. The van der Waals surface area contributed by atoms with E-state index in [1.807, 2.05) is 0 Å². The highest BCUT2D eigenvalue weighted by Crippen LogP contribution is 2.34. The quantitative estimate of drug-likeness (QED) is 0.648. The third kappa shape index (κ3) is 3.61. The monoisotopic (exact) mass is 301 g/mol. The summed E-state index contributed by atoms with van der Waals surface area (Å²) < 4.78 is 5.91. The molecule has 4 heteroatoms. The second-order valence-corrected chi connectivity index (χ2v) is 6.30. The van der Waals surface area contributed by atoms with Crippen molar-refractivity contribution >= 4 is 5.96 Å². The smallest absolute Gasteiger partial charge is 0.191 e. The second-order valence-electron chi connectivity index (χ2n) is 6.30. The number of rotatable bonds is 5. The van der Waals surface area contributed by atoms with Gasteiger partial charge in [0.2, 0.25) is 0 Å². The zero-order chi connectivity index (χ0) is 15.4. The molecule has 0 amide bonds. The van der Waals surface area contributed by atoms with Crippen LogP contribution < -0.4 is 10.6 Å². The van der Waals surface area contributed by atoms with Crippen LogP contribution in [0.4, 0.5) is 0 Å². The maximum atomic E-state index is 5.91. The highest BCUT2D eigenvalue weighted by Gasteiger charge is 2.41. The second kappa shape index (κ2) is 7.14. The molecule has 0 saturated carbocycles. The summed E-state index contributed by atoms with van der Waals surface area (Å²) in [5.41, 5.74) is 2.72. The minimum Gasteiger partial charge on any atom is -0.373 e. The fraction of sp³-hybridized carbons (Fsp3) is 0.611. The van der Waals surface area contributed by atoms with Gasteiger partial charge in [-0.05, 0) is 50.7 Å². The number of guanidine groups is 1. The van der Waals surface area contributed by atoms with Crippen molar-refractivity contribution < 1.29 is 4.74 Å². The summed E-state index contributed by atoms with van der Waals surface area (Å²) in [5.74, 6) is 0.928. The molecule has 3 rings (SSSR count). The molecule has 3 unspecified atom stereocenters. The predicted octanol–water partition coefficient (Wildman–Crippen LogP) is 2.41. The standard InChI is InChI=1S/C18H27N3O/c1-3-19-18(21-16-12-15-8-9-17(16)22-15)20-11-10-14-7-5-4-6-13(14)2/h4-7,15-17H,3,8-12H2,1-2H3,(H2,19,20,21). The van der Waals surface area contributed by atoms with Crippen LogP contribution in [-0.4, -0.2) is 37.3 Å². The van der Waals surface area contributed by atoms with Gasteiger partial charge in [0.05, 0.1) is 18.2 Å². The molecule has 2 saturated heterocycles. The lowest BCUT2D eigenvalue weighted by Gasteiger charge is -2.22. The summed E-state index contributed by atoms with van der Waals surface area (Å²) in [7, 11) is 0. The fourth-order valence-corrected chi connectivity index (χ4v) is 3.46. The molecule has 1 aromatic carbocycles. The first-order chi connectivity index (χ1) is 10.8. The Morgan fingerprint density at radius 1 is 1.32 bits per heavy atom. The van der Waals surface area contributed by atoms with Crippen LogP contribution in [0.5, 0.6) is 0 Å². The van der Waals surface area contributed by atoms with Gasteiger partial charge in [-0.15, -0.1) is 0 Å². The molecule has 2 aliphatic rings. The van der Waals surface area contributed by atoms with Gasteiger partial charge in [0.25, 0.3) is 0 Å². The van der Waals surface area contributed by atoms with E-state index >= 15 is 0 Å². The van der Waals surface area contributed by atoms with Crippen molar-refractivity contribution in [3.05, 3.63) is 35.4 Å². The van der Waals surface area contributed by atoms with Crippen molar-refractivity contribution in [2.45, 2.75) is 57.8 Å². The Balaban J connectivity index is 1.55. The van der Waals surface area contributed by atoms with Gasteiger partial charge in [0.15, 0.2) is 5.96 Å². The molecular weight excluding hydrogens is 274 g/mol. The van der Waals surface area contributed by atoms with Crippen LogP contribution >= 0.6 is 0 Å². The zero-order valence-corrected chi connectivity index (χ0v) is 13.6. The number of ether oxygens (including phenoxy) is 1. The average Bonchev–Trinajstić information content (AvgIpc) is 3.12. The van der Waals surface area contributed by atoms with Gasteiger partial charge in [-0.25, -0.2) is 0 Å². The molecule has 4 nitrogen and oxygen atoms in total. The van der Waals surface area contributed by atoms with Crippen LogP contribution in [0.25, 0.3) is 0 Å². The SMILES string of the molecule is CCNC(=NCCc1ccccc1C)NC1CC2CCC1O2. The third-order valence-electron chi connectivity index (χ3n) is 4.68. The third-order valence-corrected chi connectivity index (χ3v) is 4.68. The van der Waals surface area contributed by atoms with Crippen molar-refractivity contribution in [2.24, 2.45) is 4.99 Å². The Labute approximate surface area is 133 Å². The molecular formula is C18H27N3O. The van der Waals surface area contributed by atoms with Gasteiger partial charge in [0.1, 0.15) is 0 Å². The van der Waals surface area contributed by atoms with Crippen molar-refractivity contribution in [2.75, 3.05) is 13.1 Å². The summed E-state index contributed by atoms with van der Waals surface area (Å²) in [6.07, 6.45) is 5.36. The Kier molecular flexibility index (Phi) is 4.98. The molecule has 120 valence electrons. The van der Waals surface area contributed by atoms with Crippen LogP contribution in [0, 0.1) is 6.92 Å². The normalized spacial score (nSPS) is 27.2. The molecule has 0 aliphatic carbocycles. The molecule has 2 aliphatic heterocycles. The Morgan fingerprint density at radius 3 is 2.86 bits per heavy atom. The van der Waals surface area contributed by atoms with Crippen LogP contribution in [0.15, 0.2) is 29.3 Å². The largest absolute Gasteiger partial charge is 0.373 e. The molecule has 0 radical (unpaired) electrons. The molecule has 22 heavy (non-hydrogen) atoms. The van der Waals surface area contributed by atoms with Gasteiger partial charge in [-0.2, -0.15) is 0 Å². The predicted molar refractivity (Wildman–Crippen MR) is 90.3 cm³/mol. The highest BCUT2D eigenvalue weighted by atomic mass is 16.5.